The molecule has 5 aliphatic rings. The van der Waals surface area contributed by atoms with E-state index in [1.165, 1.54) is 88.2 Å². The molecule has 0 N–H and O–H groups in total. The van der Waals surface area contributed by atoms with Crippen LogP contribution in [0.1, 0.15) is 124 Å². The summed E-state index contributed by atoms with van der Waals surface area (Å²) in [6.45, 7) is 2.49. The highest BCUT2D eigenvalue weighted by molar-refractivity contribution is 5.46. The first-order valence-electron chi connectivity index (χ1n) is 22.7. The van der Waals surface area contributed by atoms with Crippen LogP contribution in [0.3, 0.4) is 0 Å². The first kappa shape index (κ1) is 37.6. The molecule has 3 unspecified atom stereocenters. The molecule has 5 aliphatic carbocycles. The summed E-state index contributed by atoms with van der Waals surface area (Å²) in [5, 5.41) is 0. The molecule has 11 rings (SSSR count). The molecule has 0 aliphatic heterocycles. The molecule has 0 amide bonds. The van der Waals surface area contributed by atoms with Gasteiger partial charge in [0.2, 0.25) is 0 Å². The first-order chi connectivity index (χ1) is 28.4. The lowest BCUT2D eigenvalue weighted by molar-refractivity contribution is -0.145. The molecule has 3 atom stereocenters. The Labute approximate surface area is 349 Å². The summed E-state index contributed by atoms with van der Waals surface area (Å²) in [5.74, 6) is 0.663. The zero-order chi connectivity index (χ0) is 39.2. The van der Waals surface area contributed by atoms with E-state index in [9.17, 15) is 0 Å². The molecule has 0 saturated heterocycles. The molecular formula is C58H62. The minimum Gasteiger partial charge on any atom is -0.0645 e. The van der Waals surface area contributed by atoms with Gasteiger partial charge in [-0.3, -0.25) is 0 Å². The molecule has 6 aromatic rings. The highest BCUT2D eigenvalue weighted by Gasteiger charge is 2.71. The molecule has 0 nitrogen and oxygen atoms in total. The zero-order valence-electron chi connectivity index (χ0n) is 34.8. The topological polar surface area (TPSA) is 0 Å². The summed E-state index contributed by atoms with van der Waals surface area (Å²) in [4.78, 5) is 0. The Morgan fingerprint density at radius 2 is 0.897 bits per heavy atom. The number of hydrogen-bond donors (Lipinski definition) is 0. The van der Waals surface area contributed by atoms with E-state index in [1.807, 2.05) is 0 Å². The van der Waals surface area contributed by atoms with Gasteiger partial charge in [0.25, 0.3) is 0 Å². The van der Waals surface area contributed by atoms with Crippen molar-refractivity contribution in [2.75, 3.05) is 0 Å². The van der Waals surface area contributed by atoms with Crippen molar-refractivity contribution >= 4 is 0 Å². The molecule has 58 heavy (non-hydrogen) atoms. The monoisotopic (exact) mass is 758 g/mol. The quantitative estimate of drug-likeness (QED) is 0.117. The highest BCUT2D eigenvalue weighted by atomic mass is 14.7. The summed E-state index contributed by atoms with van der Waals surface area (Å²) < 4.78 is 0. The minimum absolute atomic E-state index is 0.0814. The number of aryl methyl sites for hydroxylation is 1. The van der Waals surface area contributed by atoms with Crippen molar-refractivity contribution in [1.82, 2.24) is 0 Å². The van der Waals surface area contributed by atoms with Crippen LogP contribution in [0.5, 0.6) is 0 Å². The van der Waals surface area contributed by atoms with Gasteiger partial charge >= 0.3 is 0 Å². The normalized spacial score (nSPS) is 31.1. The second kappa shape index (κ2) is 14.9. The van der Waals surface area contributed by atoms with Crippen LogP contribution < -0.4 is 0 Å². The van der Waals surface area contributed by atoms with Crippen LogP contribution in [0.25, 0.3) is 0 Å². The van der Waals surface area contributed by atoms with Gasteiger partial charge in [-0.1, -0.05) is 195 Å². The van der Waals surface area contributed by atoms with Gasteiger partial charge in [-0.05, 0) is 155 Å². The Bertz CT molecular complexity index is 2120. The molecule has 0 spiro atoms. The third-order valence-electron chi connectivity index (χ3n) is 16.8. The van der Waals surface area contributed by atoms with Gasteiger partial charge in [-0.2, -0.15) is 0 Å². The Kier molecular flexibility index (Phi) is 9.62. The molecule has 5 saturated carbocycles. The third-order valence-corrected chi connectivity index (χ3v) is 16.8. The van der Waals surface area contributed by atoms with Crippen LogP contribution in [0.2, 0.25) is 0 Å². The van der Waals surface area contributed by atoms with E-state index in [0.717, 1.165) is 12.8 Å². The van der Waals surface area contributed by atoms with E-state index >= 15 is 0 Å². The standard InChI is InChI=1S/C58H62/c1-2-53(47-24-11-4-12-25-47,37-35-46-22-9-3-10-23-46)39-54(48-26-13-5-14-27-48)36-21-34-52(38-54)58-43-55(49-28-15-6-16-29-49)40-56(44-58,50-30-17-7-18-31-50)42-57(41-55,45-58)51-32-19-8-20-33-51/h3-20,22-33,52H,2,21,34-45H2,1H3. The predicted molar refractivity (Wildman–Crippen MR) is 242 cm³/mol. The van der Waals surface area contributed by atoms with Crippen molar-refractivity contribution in [2.45, 2.75) is 124 Å². The summed E-state index contributed by atoms with van der Waals surface area (Å²) in [6.07, 6.45) is 17.7. The number of rotatable bonds is 12. The van der Waals surface area contributed by atoms with E-state index in [-0.39, 0.29) is 32.5 Å². The summed E-state index contributed by atoms with van der Waals surface area (Å²) in [7, 11) is 0. The smallest absolute Gasteiger partial charge is 0.00246 e. The molecule has 5 fully saturated rings. The van der Waals surface area contributed by atoms with Gasteiger partial charge in [0.05, 0.1) is 0 Å². The lowest BCUT2D eigenvalue weighted by Gasteiger charge is -2.73. The summed E-state index contributed by atoms with van der Waals surface area (Å²) in [5.41, 5.74) is 10.3. The number of hydrogen-bond acceptors (Lipinski definition) is 0. The van der Waals surface area contributed by atoms with E-state index < -0.39 is 0 Å². The van der Waals surface area contributed by atoms with Crippen LogP contribution in [-0.2, 0) is 33.5 Å². The van der Waals surface area contributed by atoms with Crippen molar-refractivity contribution in [1.29, 1.82) is 0 Å². The maximum absolute atomic E-state index is 2.52. The maximum atomic E-state index is 2.52. The fraction of sp³-hybridized carbons (Fsp3) is 0.379. The Hall–Kier alpha value is -4.68. The summed E-state index contributed by atoms with van der Waals surface area (Å²) >= 11 is 0. The van der Waals surface area contributed by atoms with Gasteiger partial charge in [0.15, 0.2) is 0 Å². The van der Waals surface area contributed by atoms with Gasteiger partial charge in [0, 0.05) is 0 Å². The third kappa shape index (κ3) is 6.42. The first-order valence-corrected chi connectivity index (χ1v) is 22.7. The van der Waals surface area contributed by atoms with Crippen LogP contribution >= 0.6 is 0 Å². The Morgan fingerprint density at radius 3 is 1.34 bits per heavy atom. The SMILES string of the molecule is CCC(CCc1ccccc1)(CC1(c2ccccc2)CCCC(C23CC4(c5ccccc5)CC(c5ccccc5)(CC(c5ccccc5)(C4)C2)C3)C1)c1ccccc1. The van der Waals surface area contributed by atoms with E-state index in [1.54, 1.807) is 22.3 Å². The number of benzene rings is 6. The molecule has 6 aromatic carbocycles. The Morgan fingerprint density at radius 1 is 0.483 bits per heavy atom. The van der Waals surface area contributed by atoms with Crippen LogP contribution in [0.4, 0.5) is 0 Å². The van der Waals surface area contributed by atoms with Crippen molar-refractivity contribution in [3.05, 3.63) is 215 Å². The fourth-order valence-corrected chi connectivity index (χ4v) is 15.0. The predicted octanol–water partition coefficient (Wildman–Crippen LogP) is 14.7. The van der Waals surface area contributed by atoms with Gasteiger partial charge in [-0.15, -0.1) is 0 Å². The van der Waals surface area contributed by atoms with E-state index in [0.29, 0.717) is 5.92 Å². The molecule has 0 heterocycles. The fourth-order valence-electron chi connectivity index (χ4n) is 15.0. The summed E-state index contributed by atoms with van der Waals surface area (Å²) in [6, 6.07) is 70.7. The van der Waals surface area contributed by atoms with Crippen molar-refractivity contribution in [3.8, 4) is 0 Å². The molecule has 4 bridgehead atoms. The largest absolute Gasteiger partial charge is 0.0645 e. The second-order valence-electron chi connectivity index (χ2n) is 20.0. The van der Waals surface area contributed by atoms with E-state index in [2.05, 4.69) is 189 Å². The minimum atomic E-state index is 0.0814. The maximum Gasteiger partial charge on any atom is -0.00246 e. The molecule has 294 valence electrons. The van der Waals surface area contributed by atoms with Crippen molar-refractivity contribution in [3.63, 3.8) is 0 Å². The van der Waals surface area contributed by atoms with Gasteiger partial charge in [-0.25, -0.2) is 0 Å². The van der Waals surface area contributed by atoms with Crippen LogP contribution in [0.15, 0.2) is 182 Å². The Balaban J connectivity index is 1.13. The molecular weight excluding hydrogens is 697 g/mol. The highest BCUT2D eigenvalue weighted by Crippen LogP contribution is 2.77. The molecule has 0 radical (unpaired) electrons. The lowest BCUT2D eigenvalue weighted by Crippen LogP contribution is -2.67. The van der Waals surface area contributed by atoms with Gasteiger partial charge in [0.1, 0.15) is 0 Å². The molecule has 0 aromatic heterocycles. The van der Waals surface area contributed by atoms with Crippen LogP contribution in [-0.4, -0.2) is 0 Å². The average Bonchev–Trinajstić information content (AvgIpc) is 3.29. The van der Waals surface area contributed by atoms with E-state index in [4.69, 9.17) is 0 Å². The second-order valence-corrected chi connectivity index (χ2v) is 20.0. The zero-order valence-corrected chi connectivity index (χ0v) is 34.8. The molecule has 0 heteroatoms. The van der Waals surface area contributed by atoms with Gasteiger partial charge < -0.3 is 0 Å². The average molecular weight is 759 g/mol. The van der Waals surface area contributed by atoms with Crippen molar-refractivity contribution < 1.29 is 0 Å². The van der Waals surface area contributed by atoms with Crippen LogP contribution in [0, 0.1) is 11.3 Å². The lowest BCUT2D eigenvalue weighted by atomic mass is 9.30. The van der Waals surface area contributed by atoms with Crippen molar-refractivity contribution in [2.24, 2.45) is 11.3 Å².